The summed E-state index contributed by atoms with van der Waals surface area (Å²) in [4.78, 5) is 0.394. The molecular weight excluding hydrogens is 247 g/mol. The summed E-state index contributed by atoms with van der Waals surface area (Å²) in [5.74, 6) is 0. The number of rotatable bonds is 1. The van der Waals surface area contributed by atoms with E-state index in [1.54, 1.807) is 6.92 Å². The van der Waals surface area contributed by atoms with Gasteiger partial charge in [0.05, 0.1) is 15.6 Å². The molecule has 82 valence electrons. The number of alkyl halides is 3. The summed E-state index contributed by atoms with van der Waals surface area (Å²) in [5.41, 5.74) is -0.593. The number of hydrogen-bond acceptors (Lipinski definition) is 1. The van der Waals surface area contributed by atoms with Crippen molar-refractivity contribution in [1.82, 2.24) is 0 Å². The third-order valence-corrected chi connectivity index (χ3v) is 2.02. The van der Waals surface area contributed by atoms with Crippen molar-refractivity contribution >= 4 is 34.5 Å². The molecule has 0 bridgehead atoms. The van der Waals surface area contributed by atoms with Gasteiger partial charge in [-0.1, -0.05) is 23.8 Å². The lowest BCUT2D eigenvalue weighted by molar-refractivity contribution is -0.137. The molecular formula is C9H7ClF3NS. The Hall–Kier alpha value is -0.810. The van der Waals surface area contributed by atoms with Crippen LogP contribution in [0.3, 0.4) is 0 Å². The van der Waals surface area contributed by atoms with Crippen LogP contribution in [0.15, 0.2) is 18.2 Å². The van der Waals surface area contributed by atoms with Gasteiger partial charge in [0.25, 0.3) is 0 Å². The summed E-state index contributed by atoms with van der Waals surface area (Å²) in [7, 11) is 0. The molecule has 0 saturated heterocycles. The Labute approximate surface area is 95.2 Å². The molecule has 1 nitrogen and oxygen atoms in total. The van der Waals surface area contributed by atoms with Crippen LogP contribution in [0.5, 0.6) is 0 Å². The van der Waals surface area contributed by atoms with E-state index in [0.29, 0.717) is 4.99 Å². The van der Waals surface area contributed by atoms with Crippen LogP contribution < -0.4 is 5.32 Å². The summed E-state index contributed by atoms with van der Waals surface area (Å²) >= 11 is 10.2. The number of benzene rings is 1. The monoisotopic (exact) mass is 253 g/mol. The summed E-state index contributed by atoms with van der Waals surface area (Å²) in [5, 5.41) is 2.29. The lowest BCUT2D eigenvalue weighted by Crippen LogP contribution is -2.09. The molecule has 0 atom stereocenters. The van der Waals surface area contributed by atoms with Crippen molar-refractivity contribution in [3.05, 3.63) is 28.8 Å². The van der Waals surface area contributed by atoms with Gasteiger partial charge in [0.15, 0.2) is 0 Å². The van der Waals surface area contributed by atoms with Crippen LogP contribution in [0.25, 0.3) is 0 Å². The molecule has 1 aromatic carbocycles. The fourth-order valence-electron chi connectivity index (χ4n) is 1.02. The fraction of sp³-hybridized carbons (Fsp3) is 0.222. The van der Waals surface area contributed by atoms with E-state index >= 15 is 0 Å². The van der Waals surface area contributed by atoms with Gasteiger partial charge in [0.2, 0.25) is 0 Å². The van der Waals surface area contributed by atoms with Gasteiger partial charge in [0, 0.05) is 5.69 Å². The third kappa shape index (κ3) is 3.35. The normalized spacial score (nSPS) is 11.3. The summed E-state index contributed by atoms with van der Waals surface area (Å²) in [6.45, 7) is 1.58. The van der Waals surface area contributed by atoms with Crippen LogP contribution in [-0.2, 0) is 6.18 Å². The molecule has 0 spiro atoms. The second kappa shape index (κ2) is 4.37. The minimum Gasteiger partial charge on any atom is -0.350 e. The van der Waals surface area contributed by atoms with E-state index in [9.17, 15) is 13.2 Å². The molecule has 0 fully saturated rings. The molecule has 0 unspecified atom stereocenters. The lowest BCUT2D eigenvalue weighted by atomic mass is 10.2. The van der Waals surface area contributed by atoms with Crippen molar-refractivity contribution in [3.63, 3.8) is 0 Å². The van der Waals surface area contributed by atoms with Gasteiger partial charge in [-0.3, -0.25) is 0 Å². The van der Waals surface area contributed by atoms with Gasteiger partial charge in [-0.15, -0.1) is 0 Å². The molecule has 0 saturated carbocycles. The zero-order valence-corrected chi connectivity index (χ0v) is 9.22. The first-order valence-electron chi connectivity index (χ1n) is 3.95. The topological polar surface area (TPSA) is 12.0 Å². The van der Waals surface area contributed by atoms with Crippen LogP contribution in [0.2, 0.25) is 5.02 Å². The maximum Gasteiger partial charge on any atom is 0.417 e. The van der Waals surface area contributed by atoms with Gasteiger partial charge < -0.3 is 5.32 Å². The molecule has 0 heterocycles. The maximum absolute atomic E-state index is 12.4. The van der Waals surface area contributed by atoms with Crippen LogP contribution in [-0.4, -0.2) is 4.99 Å². The van der Waals surface area contributed by atoms with Crippen molar-refractivity contribution in [2.24, 2.45) is 0 Å². The largest absolute Gasteiger partial charge is 0.417 e. The second-order valence-corrected chi connectivity index (χ2v) is 3.89. The highest BCUT2D eigenvalue weighted by Crippen LogP contribution is 2.36. The predicted molar refractivity (Wildman–Crippen MR) is 58.3 cm³/mol. The average molecular weight is 254 g/mol. The molecule has 0 aliphatic carbocycles. The van der Waals surface area contributed by atoms with Gasteiger partial charge >= 0.3 is 6.18 Å². The van der Waals surface area contributed by atoms with Crippen molar-refractivity contribution in [2.75, 3.05) is 5.32 Å². The van der Waals surface area contributed by atoms with Gasteiger partial charge in [0.1, 0.15) is 0 Å². The van der Waals surface area contributed by atoms with Crippen LogP contribution in [0.4, 0.5) is 18.9 Å². The number of thiocarbonyl (C=S) groups is 1. The number of hydrogen-bond donors (Lipinski definition) is 1. The molecule has 6 heteroatoms. The maximum atomic E-state index is 12.4. The molecule has 15 heavy (non-hydrogen) atoms. The molecule has 0 radical (unpaired) electrons. The smallest absolute Gasteiger partial charge is 0.350 e. The van der Waals surface area contributed by atoms with E-state index in [0.717, 1.165) is 6.07 Å². The van der Waals surface area contributed by atoms with E-state index in [4.69, 9.17) is 23.8 Å². The highest BCUT2D eigenvalue weighted by atomic mass is 35.5. The number of nitrogens with one attached hydrogen (secondary N) is 1. The van der Waals surface area contributed by atoms with Crippen molar-refractivity contribution in [2.45, 2.75) is 13.1 Å². The van der Waals surface area contributed by atoms with E-state index in [-0.39, 0.29) is 10.7 Å². The average Bonchev–Trinajstić information content (AvgIpc) is 2.05. The zero-order valence-electron chi connectivity index (χ0n) is 7.65. The standard InChI is InChI=1S/C9H7ClF3NS/c1-5(15)14-6-2-3-8(10)7(4-6)9(11,12)13/h2-4H,1H3,(H,14,15). The fourth-order valence-corrected chi connectivity index (χ4v) is 1.37. The Kier molecular flexibility index (Phi) is 3.57. The number of anilines is 1. The predicted octanol–water partition coefficient (Wildman–Crippen LogP) is 4.12. The quantitative estimate of drug-likeness (QED) is 0.756. The molecule has 1 N–H and O–H groups in total. The van der Waals surface area contributed by atoms with Crippen LogP contribution in [0, 0.1) is 0 Å². The summed E-state index contributed by atoms with van der Waals surface area (Å²) in [6.07, 6.45) is -4.45. The minimum absolute atomic E-state index is 0.277. The van der Waals surface area contributed by atoms with Crippen molar-refractivity contribution in [3.8, 4) is 0 Å². The summed E-state index contributed by atoms with van der Waals surface area (Å²) in [6, 6.07) is 3.55. The zero-order chi connectivity index (χ0) is 11.6. The first-order valence-corrected chi connectivity index (χ1v) is 4.73. The highest BCUT2D eigenvalue weighted by Gasteiger charge is 2.33. The molecule has 1 aromatic rings. The highest BCUT2D eigenvalue weighted by molar-refractivity contribution is 7.80. The van der Waals surface area contributed by atoms with Crippen LogP contribution >= 0.6 is 23.8 Å². The Morgan fingerprint density at radius 1 is 1.40 bits per heavy atom. The Bertz CT molecular complexity index is 389. The minimum atomic E-state index is -4.45. The first kappa shape index (κ1) is 12.3. The lowest BCUT2D eigenvalue weighted by Gasteiger charge is -2.11. The Morgan fingerprint density at radius 3 is 2.47 bits per heavy atom. The molecule has 0 aromatic heterocycles. The van der Waals surface area contributed by atoms with E-state index in [1.807, 2.05) is 0 Å². The molecule has 0 aliphatic rings. The first-order chi connectivity index (χ1) is 6.80. The van der Waals surface area contributed by atoms with E-state index < -0.39 is 11.7 Å². The number of halogens is 4. The SMILES string of the molecule is CC(=S)Nc1ccc(Cl)c(C(F)(F)F)c1. The van der Waals surface area contributed by atoms with E-state index in [1.165, 1.54) is 12.1 Å². The third-order valence-electron chi connectivity index (χ3n) is 1.59. The van der Waals surface area contributed by atoms with Gasteiger partial charge in [-0.05, 0) is 25.1 Å². The van der Waals surface area contributed by atoms with Crippen molar-refractivity contribution < 1.29 is 13.2 Å². The Balaban J connectivity index is 3.11. The van der Waals surface area contributed by atoms with E-state index in [2.05, 4.69) is 5.32 Å². The summed E-state index contributed by atoms with van der Waals surface area (Å²) < 4.78 is 37.3. The molecule has 0 amide bonds. The molecule has 0 aliphatic heterocycles. The second-order valence-electron chi connectivity index (χ2n) is 2.87. The van der Waals surface area contributed by atoms with Gasteiger partial charge in [-0.25, -0.2) is 0 Å². The van der Waals surface area contributed by atoms with Crippen LogP contribution in [0.1, 0.15) is 12.5 Å². The molecule has 1 rings (SSSR count). The Morgan fingerprint density at radius 2 is 2.00 bits per heavy atom. The van der Waals surface area contributed by atoms with Gasteiger partial charge in [-0.2, -0.15) is 13.2 Å². The van der Waals surface area contributed by atoms with Crippen molar-refractivity contribution in [1.29, 1.82) is 0 Å².